The quantitative estimate of drug-likeness (QED) is 0.575. The van der Waals surface area contributed by atoms with Crippen LogP contribution in [0.5, 0.6) is 17.2 Å². The van der Waals surface area contributed by atoms with Crippen LogP contribution in [0.15, 0.2) is 53.7 Å². The van der Waals surface area contributed by atoms with Crippen LogP contribution in [-0.4, -0.2) is 32.4 Å². The molecule has 0 aliphatic rings. The summed E-state index contributed by atoms with van der Waals surface area (Å²) in [5, 5.41) is 4.14. The van der Waals surface area contributed by atoms with Crippen LogP contribution >= 0.6 is 11.6 Å². The van der Waals surface area contributed by atoms with Crippen molar-refractivity contribution in [2.45, 2.75) is 11.6 Å². The molecule has 154 valence electrons. The van der Waals surface area contributed by atoms with Gasteiger partial charge in [-0.25, -0.2) is 17.5 Å². The average Bonchev–Trinajstić information content (AvgIpc) is 3.13. The Morgan fingerprint density at radius 1 is 1.14 bits per heavy atom. The van der Waals surface area contributed by atoms with Crippen molar-refractivity contribution in [3.8, 4) is 17.2 Å². The third-order valence-electron chi connectivity index (χ3n) is 3.79. The van der Waals surface area contributed by atoms with Gasteiger partial charge in [0.05, 0.1) is 37.3 Å². The molecule has 0 bridgehead atoms. The fraction of sp³-hybridized carbons (Fsp3) is 0.167. The van der Waals surface area contributed by atoms with E-state index in [0.717, 1.165) is 6.07 Å². The molecule has 0 atom stereocenters. The van der Waals surface area contributed by atoms with Crippen molar-refractivity contribution in [2.75, 3.05) is 18.9 Å². The highest BCUT2D eigenvalue weighted by Gasteiger charge is 2.21. The van der Waals surface area contributed by atoms with Crippen LogP contribution in [0.1, 0.15) is 0 Å². The maximum absolute atomic E-state index is 13.1. The number of hydrogen-bond donors (Lipinski definition) is 1. The number of nitrogens with zero attached hydrogens (tertiary/aromatic N) is 2. The molecule has 0 aliphatic carbocycles. The second-order valence-corrected chi connectivity index (χ2v) is 7.80. The normalized spacial score (nSPS) is 11.2. The zero-order valence-corrected chi connectivity index (χ0v) is 17.0. The summed E-state index contributed by atoms with van der Waals surface area (Å²) >= 11 is 5.90. The predicted molar refractivity (Wildman–Crippen MR) is 105 cm³/mol. The largest absolute Gasteiger partial charge is 0.497 e. The molecular weight excluding hydrogens is 425 g/mol. The lowest BCUT2D eigenvalue weighted by Crippen LogP contribution is -2.14. The number of rotatable bonds is 8. The van der Waals surface area contributed by atoms with Crippen LogP contribution in [0.25, 0.3) is 0 Å². The van der Waals surface area contributed by atoms with E-state index in [0.29, 0.717) is 5.75 Å². The molecule has 1 aromatic heterocycles. The summed E-state index contributed by atoms with van der Waals surface area (Å²) in [4.78, 5) is -0.0820. The van der Waals surface area contributed by atoms with Gasteiger partial charge in [0.25, 0.3) is 10.0 Å². The van der Waals surface area contributed by atoms with Gasteiger partial charge in [-0.1, -0.05) is 11.6 Å². The van der Waals surface area contributed by atoms with Gasteiger partial charge in [0, 0.05) is 6.07 Å². The van der Waals surface area contributed by atoms with E-state index in [1.165, 1.54) is 55.6 Å². The molecule has 0 fully saturated rings. The van der Waals surface area contributed by atoms with Crippen molar-refractivity contribution >= 4 is 27.3 Å². The summed E-state index contributed by atoms with van der Waals surface area (Å²) in [6.45, 7) is -0.0600. The molecule has 3 rings (SSSR count). The van der Waals surface area contributed by atoms with E-state index in [-0.39, 0.29) is 33.8 Å². The van der Waals surface area contributed by atoms with Gasteiger partial charge in [0.1, 0.15) is 28.0 Å². The Labute approximate surface area is 171 Å². The second-order valence-electron chi connectivity index (χ2n) is 5.74. The molecule has 3 aromatic rings. The van der Waals surface area contributed by atoms with E-state index in [2.05, 4.69) is 9.82 Å². The van der Waals surface area contributed by atoms with Gasteiger partial charge in [-0.05, 0) is 30.3 Å². The summed E-state index contributed by atoms with van der Waals surface area (Å²) in [6.07, 6.45) is 2.75. The Hall–Kier alpha value is -2.98. The Morgan fingerprint density at radius 2 is 1.90 bits per heavy atom. The molecule has 1 heterocycles. The van der Waals surface area contributed by atoms with E-state index >= 15 is 0 Å². The third kappa shape index (κ3) is 4.90. The first-order valence-electron chi connectivity index (χ1n) is 8.17. The van der Waals surface area contributed by atoms with Gasteiger partial charge in [0.2, 0.25) is 0 Å². The lowest BCUT2D eigenvalue weighted by Gasteiger charge is -2.12. The Kier molecular flexibility index (Phi) is 6.14. The third-order valence-corrected chi connectivity index (χ3v) is 5.49. The number of methoxy groups -OCH3 is 2. The number of aromatic nitrogens is 2. The van der Waals surface area contributed by atoms with Crippen molar-refractivity contribution in [3.63, 3.8) is 0 Å². The lowest BCUT2D eigenvalue weighted by atomic mass is 10.3. The van der Waals surface area contributed by atoms with Crippen LogP contribution in [0.3, 0.4) is 0 Å². The number of sulfonamides is 1. The molecule has 2 aromatic carbocycles. The number of benzene rings is 2. The van der Waals surface area contributed by atoms with E-state index in [4.69, 9.17) is 25.8 Å². The van der Waals surface area contributed by atoms with Gasteiger partial charge < -0.3 is 14.2 Å². The van der Waals surface area contributed by atoms with Crippen LogP contribution < -0.4 is 18.9 Å². The summed E-state index contributed by atoms with van der Waals surface area (Å²) in [7, 11) is -1.16. The molecule has 0 saturated heterocycles. The van der Waals surface area contributed by atoms with Crippen LogP contribution in [-0.2, 0) is 16.8 Å². The fourth-order valence-corrected chi connectivity index (χ4v) is 3.85. The first-order chi connectivity index (χ1) is 13.8. The maximum atomic E-state index is 13.1. The Bertz CT molecular complexity index is 1120. The van der Waals surface area contributed by atoms with E-state index in [1.54, 1.807) is 6.07 Å². The molecule has 29 heavy (non-hydrogen) atoms. The predicted octanol–water partition coefficient (Wildman–Crippen LogP) is 3.53. The highest BCUT2D eigenvalue weighted by atomic mass is 35.5. The van der Waals surface area contributed by atoms with E-state index < -0.39 is 15.8 Å². The molecule has 0 spiro atoms. The lowest BCUT2D eigenvalue weighted by molar-refractivity contribution is 0.221. The highest BCUT2D eigenvalue weighted by molar-refractivity contribution is 7.92. The summed E-state index contributed by atoms with van der Waals surface area (Å²) in [5.41, 5.74) is 0.212. The molecule has 0 amide bonds. The molecule has 11 heteroatoms. The van der Waals surface area contributed by atoms with Gasteiger partial charge in [-0.2, -0.15) is 5.10 Å². The monoisotopic (exact) mass is 441 g/mol. The SMILES string of the molecule is COc1ccc(OC)c(S(=O)(=O)Nc2cnn(COc3ccc(F)cc3Cl)c2)c1. The minimum absolute atomic E-state index is 0.0600. The topological polar surface area (TPSA) is 91.7 Å². The van der Waals surface area contributed by atoms with E-state index in [1.807, 2.05) is 0 Å². The summed E-state index contributed by atoms with van der Waals surface area (Å²) < 4.78 is 58.0. The van der Waals surface area contributed by atoms with Crippen LogP contribution in [0, 0.1) is 5.82 Å². The van der Waals surface area contributed by atoms with Gasteiger partial charge >= 0.3 is 0 Å². The van der Waals surface area contributed by atoms with Crippen LogP contribution in [0.4, 0.5) is 10.1 Å². The summed E-state index contributed by atoms with van der Waals surface area (Å²) in [6, 6.07) is 8.17. The Morgan fingerprint density at radius 3 is 2.59 bits per heavy atom. The first kappa shape index (κ1) is 20.7. The highest BCUT2D eigenvalue weighted by Crippen LogP contribution is 2.30. The van der Waals surface area contributed by atoms with Crippen molar-refractivity contribution in [1.29, 1.82) is 0 Å². The number of nitrogens with one attached hydrogen (secondary N) is 1. The van der Waals surface area contributed by atoms with Crippen molar-refractivity contribution < 1.29 is 27.0 Å². The molecule has 0 radical (unpaired) electrons. The van der Waals surface area contributed by atoms with Gasteiger partial charge in [-0.3, -0.25) is 4.72 Å². The van der Waals surface area contributed by atoms with Crippen LogP contribution in [0.2, 0.25) is 5.02 Å². The minimum atomic E-state index is -3.97. The van der Waals surface area contributed by atoms with Crippen molar-refractivity contribution in [2.24, 2.45) is 0 Å². The first-order valence-corrected chi connectivity index (χ1v) is 10.0. The number of hydrogen-bond acceptors (Lipinski definition) is 6. The minimum Gasteiger partial charge on any atom is -0.497 e. The number of ether oxygens (including phenoxy) is 3. The van der Waals surface area contributed by atoms with Crippen molar-refractivity contribution in [3.05, 3.63) is 59.6 Å². The zero-order chi connectivity index (χ0) is 21.0. The molecule has 0 aliphatic heterocycles. The Balaban J connectivity index is 1.74. The number of halogens is 2. The van der Waals surface area contributed by atoms with E-state index in [9.17, 15) is 12.8 Å². The standard InChI is InChI=1S/C18H17ClFN3O5S/c1-26-14-4-6-17(27-2)18(8-14)29(24,25)22-13-9-21-23(10-13)11-28-16-5-3-12(20)7-15(16)19/h3-10,22H,11H2,1-2H3. The fourth-order valence-electron chi connectivity index (χ4n) is 2.42. The zero-order valence-electron chi connectivity index (χ0n) is 15.4. The summed E-state index contributed by atoms with van der Waals surface area (Å²) in [5.74, 6) is 0.323. The average molecular weight is 442 g/mol. The molecule has 0 saturated carbocycles. The molecular formula is C18H17ClFN3O5S. The maximum Gasteiger partial charge on any atom is 0.265 e. The second kappa shape index (κ2) is 8.58. The van der Waals surface area contributed by atoms with Crippen molar-refractivity contribution in [1.82, 2.24) is 9.78 Å². The number of anilines is 1. The van der Waals surface area contributed by atoms with Gasteiger partial charge in [-0.15, -0.1) is 0 Å². The molecule has 1 N–H and O–H groups in total. The molecule has 0 unspecified atom stereocenters. The smallest absolute Gasteiger partial charge is 0.265 e. The molecule has 8 nitrogen and oxygen atoms in total. The van der Waals surface area contributed by atoms with Gasteiger partial charge in [0.15, 0.2) is 6.73 Å².